The second kappa shape index (κ2) is 13.7. The minimum absolute atomic E-state index is 0.276. The quantitative estimate of drug-likeness (QED) is 0.207. The molecule has 7 heteroatoms. The Morgan fingerprint density at radius 2 is 1.78 bits per heavy atom. The topological polar surface area (TPSA) is 61.8 Å². The molecule has 41 heavy (non-hydrogen) atoms. The molecule has 0 aromatic heterocycles. The van der Waals surface area contributed by atoms with Crippen molar-refractivity contribution in [2.24, 2.45) is 17.3 Å². The molecule has 4 rings (SSSR count). The van der Waals surface area contributed by atoms with E-state index in [0.717, 1.165) is 62.3 Å². The van der Waals surface area contributed by atoms with Crippen LogP contribution in [0.1, 0.15) is 119 Å². The smallest absolute Gasteiger partial charge is 0.330 e. The number of nitrogens with one attached hydrogen (secondary N) is 1. The molecule has 1 spiro atoms. The summed E-state index contributed by atoms with van der Waals surface area (Å²) in [5.41, 5.74) is 3.00. The molecule has 2 aliphatic heterocycles. The standard InChI is InChI=1S/C25H38BN2O2S.C9H20O/c1-6-7-17-14-19(15-17)28-21-16-18(26-30-23(2,3)24(4,5)31)8-9-20(21)25(22(28)29)10-12-27-13-11-25;1-5-9(3,4)6-8(2)7-10/h8-9,16-17,19,27,31H,6-7,10-15H2,1-5H3;8,10H,5-7H2,1-4H3. The van der Waals surface area contributed by atoms with Gasteiger partial charge in [0.1, 0.15) is 0 Å². The number of anilines is 1. The zero-order chi connectivity index (χ0) is 30.6. The molecule has 1 atom stereocenters. The molecule has 2 heterocycles. The number of carbonyl (C=O) groups is 1. The molecule has 1 amide bonds. The van der Waals surface area contributed by atoms with Crippen LogP contribution in [0.2, 0.25) is 0 Å². The normalized spacial score (nSPS) is 23.0. The van der Waals surface area contributed by atoms with Gasteiger partial charge in [-0.1, -0.05) is 71.5 Å². The molecule has 1 saturated carbocycles. The average Bonchev–Trinajstić information content (AvgIpc) is 3.11. The van der Waals surface area contributed by atoms with E-state index in [9.17, 15) is 4.79 Å². The van der Waals surface area contributed by atoms with E-state index in [0.29, 0.717) is 29.9 Å². The molecule has 5 nitrogen and oxygen atoms in total. The highest BCUT2D eigenvalue weighted by Crippen LogP contribution is 2.50. The van der Waals surface area contributed by atoms with Crippen molar-refractivity contribution in [2.45, 2.75) is 135 Å². The molecular weight excluding hydrogens is 527 g/mol. The zero-order valence-electron chi connectivity index (χ0n) is 27.5. The third kappa shape index (κ3) is 7.93. The number of rotatable bonds is 11. The van der Waals surface area contributed by atoms with E-state index in [1.165, 1.54) is 24.8 Å². The summed E-state index contributed by atoms with van der Waals surface area (Å²) in [5.74, 6) is 1.56. The number of amides is 1. The lowest BCUT2D eigenvalue weighted by Gasteiger charge is -2.43. The molecule has 1 radical (unpaired) electrons. The van der Waals surface area contributed by atoms with Gasteiger partial charge in [-0.15, -0.1) is 0 Å². The first kappa shape index (κ1) is 34.5. The van der Waals surface area contributed by atoms with Crippen molar-refractivity contribution in [1.82, 2.24) is 5.32 Å². The number of fused-ring (bicyclic) bond motifs is 2. The number of aliphatic hydroxyl groups is 1. The van der Waals surface area contributed by atoms with Crippen molar-refractivity contribution < 1.29 is 14.6 Å². The second-order valence-corrected chi connectivity index (χ2v) is 16.0. The average molecular weight is 586 g/mol. The lowest BCUT2D eigenvalue weighted by molar-refractivity contribution is -0.125. The van der Waals surface area contributed by atoms with E-state index >= 15 is 0 Å². The lowest BCUT2D eigenvalue weighted by Crippen LogP contribution is -2.53. The first-order chi connectivity index (χ1) is 19.1. The maximum Gasteiger partial charge on any atom is 0.330 e. The zero-order valence-corrected chi connectivity index (χ0v) is 28.4. The van der Waals surface area contributed by atoms with Crippen LogP contribution in [-0.2, 0) is 14.9 Å². The van der Waals surface area contributed by atoms with E-state index < -0.39 is 5.60 Å². The predicted molar refractivity (Wildman–Crippen MR) is 178 cm³/mol. The van der Waals surface area contributed by atoms with Gasteiger partial charge in [-0.2, -0.15) is 12.6 Å². The van der Waals surface area contributed by atoms with Crippen molar-refractivity contribution in [3.63, 3.8) is 0 Å². The van der Waals surface area contributed by atoms with E-state index in [1.807, 2.05) is 7.48 Å². The summed E-state index contributed by atoms with van der Waals surface area (Å²) in [4.78, 5) is 16.0. The number of piperidine rings is 1. The number of aliphatic hydroxyl groups excluding tert-OH is 1. The minimum atomic E-state index is -0.414. The molecule has 1 aromatic rings. The SMILES string of the molecule is CCC(C)(C)CC(C)CO.CCCC1CC(N2C(=O)C3(CCNCC3)c3ccc([B]OC(C)(C)C(C)(C)S)cc32)C1. The summed E-state index contributed by atoms with van der Waals surface area (Å²) >= 11 is 4.71. The molecule has 0 bridgehead atoms. The maximum atomic E-state index is 13.8. The fraction of sp³-hybridized carbons (Fsp3) is 0.794. The number of benzene rings is 1. The molecule has 1 unspecified atom stereocenters. The van der Waals surface area contributed by atoms with Gasteiger partial charge < -0.3 is 20.0 Å². The molecule has 1 aliphatic carbocycles. The largest absolute Gasteiger partial charge is 0.428 e. The highest BCUT2D eigenvalue weighted by Gasteiger charge is 2.54. The summed E-state index contributed by atoms with van der Waals surface area (Å²) in [6.07, 6.45) is 8.87. The minimum Gasteiger partial charge on any atom is -0.428 e. The third-order valence-electron chi connectivity index (χ3n) is 10.3. The lowest BCUT2D eigenvalue weighted by atomic mass is 9.73. The van der Waals surface area contributed by atoms with Gasteiger partial charge >= 0.3 is 7.48 Å². The monoisotopic (exact) mass is 585 g/mol. The van der Waals surface area contributed by atoms with Crippen LogP contribution in [0.25, 0.3) is 0 Å². The molecule has 1 saturated heterocycles. The van der Waals surface area contributed by atoms with E-state index in [1.54, 1.807) is 0 Å². The number of thiol groups is 1. The number of carbonyl (C=O) groups excluding carboxylic acids is 1. The van der Waals surface area contributed by atoms with Crippen LogP contribution in [0.3, 0.4) is 0 Å². The van der Waals surface area contributed by atoms with Gasteiger partial charge in [0.15, 0.2) is 0 Å². The van der Waals surface area contributed by atoms with Crippen LogP contribution in [0, 0.1) is 17.3 Å². The first-order valence-electron chi connectivity index (χ1n) is 16.1. The molecule has 3 aliphatic rings. The number of hydrogen-bond donors (Lipinski definition) is 3. The Morgan fingerprint density at radius 3 is 2.32 bits per heavy atom. The summed E-state index contributed by atoms with van der Waals surface area (Å²) in [7, 11) is 1.84. The third-order valence-corrected chi connectivity index (χ3v) is 10.8. The van der Waals surface area contributed by atoms with Crippen molar-refractivity contribution in [2.75, 3.05) is 24.6 Å². The summed E-state index contributed by atoms with van der Waals surface area (Å²) in [6, 6.07) is 6.83. The Balaban J connectivity index is 0.000000397. The van der Waals surface area contributed by atoms with Gasteiger partial charge in [0.05, 0.1) is 11.0 Å². The van der Waals surface area contributed by atoms with Gasteiger partial charge in [0, 0.05) is 23.1 Å². The van der Waals surface area contributed by atoms with Crippen molar-refractivity contribution in [1.29, 1.82) is 0 Å². The summed E-state index contributed by atoms with van der Waals surface area (Å²) < 4.78 is 5.90. The fourth-order valence-electron chi connectivity index (χ4n) is 6.45. The number of nitrogens with zero attached hydrogens (tertiary/aromatic N) is 1. The van der Waals surface area contributed by atoms with E-state index in [-0.39, 0.29) is 10.2 Å². The Hall–Kier alpha value is -1.02. The first-order valence-corrected chi connectivity index (χ1v) is 16.6. The van der Waals surface area contributed by atoms with Crippen LogP contribution in [0.5, 0.6) is 0 Å². The molecule has 1 aromatic carbocycles. The summed E-state index contributed by atoms with van der Waals surface area (Å²) in [5, 5.41) is 12.2. The maximum absolute atomic E-state index is 13.8. The van der Waals surface area contributed by atoms with Crippen LogP contribution in [0.4, 0.5) is 5.69 Å². The Bertz CT molecular complexity index is 1010. The van der Waals surface area contributed by atoms with Gasteiger partial charge in [0.2, 0.25) is 5.91 Å². The van der Waals surface area contributed by atoms with Gasteiger partial charge in [-0.25, -0.2) is 0 Å². The Kier molecular flexibility index (Phi) is 11.6. The van der Waals surface area contributed by atoms with Crippen LogP contribution >= 0.6 is 12.6 Å². The van der Waals surface area contributed by atoms with E-state index in [2.05, 4.69) is 90.7 Å². The Morgan fingerprint density at radius 1 is 1.15 bits per heavy atom. The van der Waals surface area contributed by atoms with Crippen LogP contribution < -0.4 is 15.7 Å². The molecule has 231 valence electrons. The predicted octanol–water partition coefficient (Wildman–Crippen LogP) is 6.42. The summed E-state index contributed by atoms with van der Waals surface area (Å²) in [6.45, 7) is 21.4. The van der Waals surface area contributed by atoms with Gasteiger partial charge in [0.25, 0.3) is 0 Å². The van der Waals surface area contributed by atoms with Crippen LogP contribution in [-0.4, -0.2) is 54.6 Å². The number of hydrogen-bond acceptors (Lipinski definition) is 5. The van der Waals surface area contributed by atoms with Gasteiger partial charge in [-0.05, 0) is 102 Å². The Labute approximate surface area is 257 Å². The fourth-order valence-corrected chi connectivity index (χ4v) is 6.50. The van der Waals surface area contributed by atoms with Crippen molar-refractivity contribution >= 4 is 37.2 Å². The highest BCUT2D eigenvalue weighted by molar-refractivity contribution is 7.81. The van der Waals surface area contributed by atoms with Crippen molar-refractivity contribution in [3.8, 4) is 0 Å². The van der Waals surface area contributed by atoms with Crippen LogP contribution in [0.15, 0.2) is 18.2 Å². The second-order valence-electron chi connectivity index (χ2n) is 14.9. The molecular formula is C34H58BN2O3S. The van der Waals surface area contributed by atoms with Crippen molar-refractivity contribution in [3.05, 3.63) is 23.8 Å². The molecule has 2 fully saturated rings. The molecule has 2 N–H and O–H groups in total. The van der Waals surface area contributed by atoms with Gasteiger partial charge in [-0.3, -0.25) is 4.79 Å². The highest BCUT2D eigenvalue weighted by atomic mass is 32.1. The van der Waals surface area contributed by atoms with E-state index in [4.69, 9.17) is 22.4 Å².